The zero-order valence-corrected chi connectivity index (χ0v) is 21.1. The fourth-order valence-corrected chi connectivity index (χ4v) is 5.17. The average Bonchev–Trinajstić information content (AvgIpc) is 3.26. The first-order chi connectivity index (χ1) is 17.3. The molecule has 0 radical (unpaired) electrons. The van der Waals surface area contributed by atoms with Crippen LogP contribution in [0.15, 0.2) is 36.4 Å². The van der Waals surface area contributed by atoms with E-state index in [9.17, 15) is 18.0 Å². The van der Waals surface area contributed by atoms with Gasteiger partial charge < -0.3 is 10.6 Å². The van der Waals surface area contributed by atoms with Gasteiger partial charge in [-0.3, -0.25) is 9.89 Å². The van der Waals surface area contributed by atoms with Crippen molar-refractivity contribution >= 4 is 28.9 Å². The molecular weight excluding hydrogens is 489 g/mol. The summed E-state index contributed by atoms with van der Waals surface area (Å²) in [7, 11) is 0. The number of hydrogen-bond acceptors (Lipinski definition) is 3. The summed E-state index contributed by atoms with van der Waals surface area (Å²) >= 11 is 6.02. The van der Waals surface area contributed by atoms with Crippen LogP contribution >= 0.6 is 11.6 Å². The number of aromatic amines is 1. The van der Waals surface area contributed by atoms with Crippen molar-refractivity contribution < 1.29 is 18.0 Å². The van der Waals surface area contributed by atoms with Crippen molar-refractivity contribution in [2.24, 2.45) is 5.92 Å². The zero-order chi connectivity index (χ0) is 25.7. The Morgan fingerprint density at radius 1 is 1.22 bits per heavy atom. The molecule has 2 aromatic rings. The van der Waals surface area contributed by atoms with E-state index in [4.69, 9.17) is 11.6 Å². The van der Waals surface area contributed by atoms with Crippen LogP contribution in [0, 0.1) is 5.92 Å². The minimum Gasteiger partial charge on any atom is -0.370 e. The lowest BCUT2D eigenvalue weighted by Crippen LogP contribution is -2.38. The Bertz CT molecular complexity index is 1130. The molecule has 9 heteroatoms. The molecule has 2 aliphatic carbocycles. The van der Waals surface area contributed by atoms with Crippen LogP contribution in [0.25, 0.3) is 5.57 Å². The molecule has 0 atom stereocenters. The molecule has 1 aromatic heterocycles. The van der Waals surface area contributed by atoms with E-state index in [0.29, 0.717) is 5.92 Å². The minimum atomic E-state index is -4.53. The Morgan fingerprint density at radius 3 is 2.67 bits per heavy atom. The second kappa shape index (κ2) is 11.5. The first-order valence-corrected chi connectivity index (χ1v) is 13.0. The lowest BCUT2D eigenvalue weighted by Gasteiger charge is -2.29. The quantitative estimate of drug-likeness (QED) is 0.345. The number of carbonyl (C=O) groups excluding carboxylic acids is 1. The average molecular weight is 521 g/mol. The highest BCUT2D eigenvalue weighted by Crippen LogP contribution is 2.33. The molecule has 1 aromatic carbocycles. The normalized spacial score (nSPS) is 20.2. The molecular formula is C27H32ClF3N4O. The fourth-order valence-electron chi connectivity index (χ4n) is 4.97. The lowest BCUT2D eigenvalue weighted by atomic mass is 9.85. The van der Waals surface area contributed by atoms with E-state index in [1.165, 1.54) is 11.1 Å². The highest BCUT2D eigenvalue weighted by molar-refractivity contribution is 6.33. The van der Waals surface area contributed by atoms with Crippen LogP contribution in [0.4, 0.5) is 19.0 Å². The molecule has 1 heterocycles. The largest absolute Gasteiger partial charge is 0.416 e. The summed E-state index contributed by atoms with van der Waals surface area (Å²) in [5.74, 6) is 0.860. The van der Waals surface area contributed by atoms with Crippen molar-refractivity contribution in [3.05, 3.63) is 63.8 Å². The standard InChI is InChI=1S/C27H32ClF3N4O/c1-2-6-21-24(18-7-4-3-5-8-18)34-35-25(21)32-16-17-9-12-20(13-10-17)33-26(36)22-15-19(27(29,30)31)11-14-23(22)28/h3-4,7,11,14-15,17,20H,2,5-6,8-10,12-13,16H2,1H3,(H,33,36)(H2,32,34,35)/t17-,20-. The van der Waals surface area contributed by atoms with Crippen molar-refractivity contribution in [3.63, 3.8) is 0 Å². The molecule has 2 aliphatic rings. The Kier molecular flexibility index (Phi) is 8.44. The molecule has 194 valence electrons. The Balaban J connectivity index is 1.30. The van der Waals surface area contributed by atoms with Crippen LogP contribution in [0.2, 0.25) is 5.02 Å². The molecule has 0 saturated heterocycles. The van der Waals surface area contributed by atoms with Gasteiger partial charge in [-0.25, -0.2) is 0 Å². The van der Waals surface area contributed by atoms with Crippen molar-refractivity contribution in [1.29, 1.82) is 0 Å². The lowest BCUT2D eigenvalue weighted by molar-refractivity contribution is -0.137. The number of halogens is 4. The predicted molar refractivity (Wildman–Crippen MR) is 137 cm³/mol. The first kappa shape index (κ1) is 26.3. The molecule has 0 unspecified atom stereocenters. The number of rotatable bonds is 8. The predicted octanol–water partition coefficient (Wildman–Crippen LogP) is 7.17. The maximum absolute atomic E-state index is 13.0. The number of allylic oxidation sites excluding steroid dienone is 4. The SMILES string of the molecule is CCCc1c(C2=CC=CCC2)n[nH]c1NC[C@H]1CC[C@H](NC(=O)c2cc(C(F)(F)F)ccc2Cl)CC1. The summed E-state index contributed by atoms with van der Waals surface area (Å²) in [5, 5.41) is 14.3. The molecule has 1 fully saturated rings. The third kappa shape index (κ3) is 6.33. The Labute approximate surface area is 214 Å². The van der Waals surface area contributed by atoms with Gasteiger partial charge in [0.25, 0.3) is 5.91 Å². The van der Waals surface area contributed by atoms with E-state index < -0.39 is 17.6 Å². The van der Waals surface area contributed by atoms with E-state index in [-0.39, 0.29) is 16.6 Å². The topological polar surface area (TPSA) is 69.8 Å². The van der Waals surface area contributed by atoms with Gasteiger partial charge in [0.15, 0.2) is 0 Å². The van der Waals surface area contributed by atoms with Crippen molar-refractivity contribution in [1.82, 2.24) is 15.5 Å². The molecule has 0 bridgehead atoms. The van der Waals surface area contributed by atoms with Crippen LogP contribution < -0.4 is 10.6 Å². The van der Waals surface area contributed by atoms with E-state index in [2.05, 4.69) is 46.0 Å². The molecule has 0 aliphatic heterocycles. The van der Waals surface area contributed by atoms with Gasteiger partial charge in [0.2, 0.25) is 0 Å². The first-order valence-electron chi connectivity index (χ1n) is 12.6. The van der Waals surface area contributed by atoms with Gasteiger partial charge in [0, 0.05) is 18.2 Å². The number of H-pyrrole nitrogens is 1. The van der Waals surface area contributed by atoms with Gasteiger partial charge in [-0.05, 0) is 74.6 Å². The number of carbonyl (C=O) groups is 1. The number of nitrogens with zero attached hydrogens (tertiary/aromatic N) is 1. The molecule has 36 heavy (non-hydrogen) atoms. The summed E-state index contributed by atoms with van der Waals surface area (Å²) < 4.78 is 39.1. The number of hydrogen-bond donors (Lipinski definition) is 3. The van der Waals surface area contributed by atoms with Crippen molar-refractivity contribution in [2.45, 2.75) is 70.5 Å². The third-order valence-corrected chi connectivity index (χ3v) is 7.30. The number of alkyl halides is 3. The molecule has 1 amide bonds. The molecule has 5 nitrogen and oxygen atoms in total. The van der Waals surface area contributed by atoms with E-state index in [1.807, 2.05) is 0 Å². The van der Waals surface area contributed by atoms with Gasteiger partial charge in [0.05, 0.1) is 21.8 Å². The van der Waals surface area contributed by atoms with Crippen LogP contribution in [0.5, 0.6) is 0 Å². The summed E-state index contributed by atoms with van der Waals surface area (Å²) in [6, 6.07) is 2.74. The molecule has 3 N–H and O–H groups in total. The summed E-state index contributed by atoms with van der Waals surface area (Å²) in [5.41, 5.74) is 2.54. The Hall–Kier alpha value is -2.74. The highest BCUT2D eigenvalue weighted by atomic mass is 35.5. The van der Waals surface area contributed by atoms with Gasteiger partial charge in [-0.2, -0.15) is 18.3 Å². The maximum atomic E-state index is 13.0. The zero-order valence-electron chi connectivity index (χ0n) is 20.4. The molecule has 1 saturated carbocycles. The van der Waals surface area contributed by atoms with Crippen LogP contribution in [0.1, 0.15) is 79.0 Å². The smallest absolute Gasteiger partial charge is 0.370 e. The van der Waals surface area contributed by atoms with Gasteiger partial charge >= 0.3 is 6.18 Å². The van der Waals surface area contributed by atoms with Gasteiger partial charge in [-0.1, -0.05) is 43.2 Å². The van der Waals surface area contributed by atoms with Crippen LogP contribution in [0.3, 0.4) is 0 Å². The summed E-state index contributed by atoms with van der Waals surface area (Å²) in [6.45, 7) is 2.97. The summed E-state index contributed by atoms with van der Waals surface area (Å²) in [4.78, 5) is 12.6. The minimum absolute atomic E-state index is 0.0141. The van der Waals surface area contributed by atoms with Crippen molar-refractivity contribution in [3.8, 4) is 0 Å². The van der Waals surface area contributed by atoms with E-state index >= 15 is 0 Å². The van der Waals surface area contributed by atoms with Gasteiger partial charge in [-0.15, -0.1) is 0 Å². The number of aromatic nitrogens is 2. The van der Waals surface area contributed by atoms with Crippen LogP contribution in [-0.2, 0) is 12.6 Å². The summed E-state index contributed by atoms with van der Waals surface area (Å²) in [6.07, 6.45) is 9.25. The number of anilines is 1. The third-order valence-electron chi connectivity index (χ3n) is 6.97. The van der Waals surface area contributed by atoms with Gasteiger partial charge in [0.1, 0.15) is 5.82 Å². The monoisotopic (exact) mass is 520 g/mol. The number of benzene rings is 1. The maximum Gasteiger partial charge on any atom is 0.416 e. The number of nitrogens with one attached hydrogen (secondary N) is 3. The van der Waals surface area contributed by atoms with Crippen LogP contribution in [-0.4, -0.2) is 28.7 Å². The Morgan fingerprint density at radius 2 is 2.00 bits per heavy atom. The molecule has 0 spiro atoms. The number of amides is 1. The fraction of sp³-hybridized carbons (Fsp3) is 0.481. The second-order valence-corrected chi connectivity index (χ2v) is 10.0. The van der Waals surface area contributed by atoms with E-state index in [1.54, 1.807) is 0 Å². The van der Waals surface area contributed by atoms with E-state index in [0.717, 1.165) is 87.6 Å². The van der Waals surface area contributed by atoms with Crippen molar-refractivity contribution in [2.75, 3.05) is 11.9 Å². The highest BCUT2D eigenvalue weighted by Gasteiger charge is 2.32. The second-order valence-electron chi connectivity index (χ2n) is 9.60. The molecule has 4 rings (SSSR count).